The lowest BCUT2D eigenvalue weighted by Crippen LogP contribution is -2.42. The number of nitrogens with zero attached hydrogens (tertiary/aromatic N) is 1. The molecule has 17 heavy (non-hydrogen) atoms. The lowest BCUT2D eigenvalue weighted by Gasteiger charge is -2.34. The fourth-order valence-corrected chi connectivity index (χ4v) is 3.43. The van der Waals surface area contributed by atoms with Gasteiger partial charge in [-0.1, -0.05) is 20.3 Å². The molecule has 1 heterocycles. The summed E-state index contributed by atoms with van der Waals surface area (Å²) >= 11 is 0. The van der Waals surface area contributed by atoms with E-state index in [0.29, 0.717) is 0 Å². The van der Waals surface area contributed by atoms with Gasteiger partial charge in [0.1, 0.15) is 0 Å². The van der Waals surface area contributed by atoms with E-state index in [9.17, 15) is 0 Å². The van der Waals surface area contributed by atoms with Crippen molar-refractivity contribution < 1.29 is 0 Å². The number of hydrogen-bond acceptors (Lipinski definition) is 2. The first-order valence-corrected chi connectivity index (χ1v) is 7.75. The second kappa shape index (κ2) is 6.75. The van der Waals surface area contributed by atoms with Gasteiger partial charge in [-0.2, -0.15) is 0 Å². The van der Waals surface area contributed by atoms with Crippen LogP contribution in [0.5, 0.6) is 0 Å². The Labute approximate surface area is 107 Å². The fraction of sp³-hybridized carbons (Fsp3) is 1.00. The van der Waals surface area contributed by atoms with Gasteiger partial charge in [0.2, 0.25) is 0 Å². The summed E-state index contributed by atoms with van der Waals surface area (Å²) in [6.45, 7) is 9.92. The van der Waals surface area contributed by atoms with Crippen LogP contribution in [0.25, 0.3) is 0 Å². The molecule has 2 heteroatoms. The molecule has 2 rings (SSSR count). The molecular formula is C15H30N2. The number of nitrogens with one attached hydrogen (secondary N) is 1. The van der Waals surface area contributed by atoms with Crippen LogP contribution in [0.3, 0.4) is 0 Å². The quantitative estimate of drug-likeness (QED) is 0.792. The predicted octanol–water partition coefficient (Wildman–Crippen LogP) is 2.89. The predicted molar refractivity (Wildman–Crippen MR) is 74.3 cm³/mol. The standard InChI is InChI=1S/C15H30N2/c1-3-9-16-15-6-4-5-14(15)12-17-10-7-13(2)8-11-17/h13-16H,3-12H2,1-2H3. The molecule has 0 aromatic heterocycles. The molecule has 2 aliphatic rings. The zero-order valence-electron chi connectivity index (χ0n) is 11.8. The number of likely N-dealkylation sites (tertiary alicyclic amines) is 1. The SMILES string of the molecule is CCCNC1CCCC1CN1CCC(C)CC1. The average molecular weight is 238 g/mol. The average Bonchev–Trinajstić information content (AvgIpc) is 2.77. The van der Waals surface area contributed by atoms with Crippen molar-refractivity contribution in [2.24, 2.45) is 11.8 Å². The van der Waals surface area contributed by atoms with Gasteiger partial charge >= 0.3 is 0 Å². The van der Waals surface area contributed by atoms with Gasteiger partial charge in [0, 0.05) is 12.6 Å². The first kappa shape index (κ1) is 13.4. The van der Waals surface area contributed by atoms with Crippen LogP contribution in [-0.2, 0) is 0 Å². The molecule has 0 spiro atoms. The van der Waals surface area contributed by atoms with Crippen LogP contribution in [0.1, 0.15) is 52.4 Å². The van der Waals surface area contributed by atoms with Crippen molar-refractivity contribution in [3.8, 4) is 0 Å². The molecule has 0 aromatic carbocycles. The molecule has 2 fully saturated rings. The molecular weight excluding hydrogens is 208 g/mol. The highest BCUT2D eigenvalue weighted by Gasteiger charge is 2.29. The van der Waals surface area contributed by atoms with E-state index in [1.165, 1.54) is 64.7 Å². The second-order valence-electron chi connectivity index (χ2n) is 6.23. The van der Waals surface area contributed by atoms with Crippen molar-refractivity contribution in [2.45, 2.75) is 58.4 Å². The maximum atomic E-state index is 3.75. The first-order chi connectivity index (χ1) is 8.29. The molecule has 2 atom stereocenters. The lowest BCUT2D eigenvalue weighted by molar-refractivity contribution is 0.158. The summed E-state index contributed by atoms with van der Waals surface area (Å²) in [7, 11) is 0. The number of rotatable bonds is 5. The first-order valence-electron chi connectivity index (χ1n) is 7.75. The van der Waals surface area contributed by atoms with E-state index < -0.39 is 0 Å². The van der Waals surface area contributed by atoms with Crippen LogP contribution in [0.4, 0.5) is 0 Å². The van der Waals surface area contributed by atoms with Gasteiger partial charge in [-0.15, -0.1) is 0 Å². The Morgan fingerprint density at radius 3 is 2.59 bits per heavy atom. The monoisotopic (exact) mass is 238 g/mol. The second-order valence-corrected chi connectivity index (χ2v) is 6.23. The molecule has 1 saturated heterocycles. The zero-order valence-corrected chi connectivity index (χ0v) is 11.8. The number of piperidine rings is 1. The topological polar surface area (TPSA) is 15.3 Å². The summed E-state index contributed by atoms with van der Waals surface area (Å²) < 4.78 is 0. The van der Waals surface area contributed by atoms with Crippen LogP contribution in [0, 0.1) is 11.8 Å². The maximum Gasteiger partial charge on any atom is 0.0107 e. The molecule has 2 nitrogen and oxygen atoms in total. The molecule has 0 aromatic rings. The van der Waals surface area contributed by atoms with Gasteiger partial charge in [0.05, 0.1) is 0 Å². The molecule has 1 aliphatic carbocycles. The Balaban J connectivity index is 1.73. The maximum absolute atomic E-state index is 3.75. The van der Waals surface area contributed by atoms with E-state index in [0.717, 1.165) is 17.9 Å². The highest BCUT2D eigenvalue weighted by Crippen LogP contribution is 2.28. The Hall–Kier alpha value is -0.0800. The van der Waals surface area contributed by atoms with Gasteiger partial charge in [-0.3, -0.25) is 0 Å². The molecule has 2 unspecified atom stereocenters. The lowest BCUT2D eigenvalue weighted by atomic mass is 9.96. The minimum Gasteiger partial charge on any atom is -0.314 e. The van der Waals surface area contributed by atoms with E-state index in [1.807, 2.05) is 0 Å². The molecule has 0 bridgehead atoms. The molecule has 100 valence electrons. The fourth-order valence-electron chi connectivity index (χ4n) is 3.43. The van der Waals surface area contributed by atoms with E-state index in [1.54, 1.807) is 0 Å². The normalized spacial score (nSPS) is 32.1. The Kier molecular flexibility index (Phi) is 5.30. The third-order valence-corrected chi connectivity index (χ3v) is 4.68. The van der Waals surface area contributed by atoms with E-state index in [4.69, 9.17) is 0 Å². The Morgan fingerprint density at radius 1 is 1.12 bits per heavy atom. The van der Waals surface area contributed by atoms with Crippen LogP contribution < -0.4 is 5.32 Å². The van der Waals surface area contributed by atoms with Crippen molar-refractivity contribution >= 4 is 0 Å². The highest BCUT2D eigenvalue weighted by molar-refractivity contribution is 4.86. The van der Waals surface area contributed by atoms with Crippen molar-refractivity contribution in [1.29, 1.82) is 0 Å². The summed E-state index contributed by atoms with van der Waals surface area (Å²) in [5.41, 5.74) is 0. The summed E-state index contributed by atoms with van der Waals surface area (Å²) in [5, 5.41) is 3.75. The molecule has 1 aliphatic heterocycles. The Morgan fingerprint density at radius 2 is 1.88 bits per heavy atom. The minimum atomic E-state index is 0.814. The van der Waals surface area contributed by atoms with Gasteiger partial charge < -0.3 is 10.2 Å². The third-order valence-electron chi connectivity index (χ3n) is 4.68. The van der Waals surface area contributed by atoms with E-state index in [-0.39, 0.29) is 0 Å². The summed E-state index contributed by atoms with van der Waals surface area (Å²) in [6.07, 6.45) is 8.41. The summed E-state index contributed by atoms with van der Waals surface area (Å²) in [4.78, 5) is 2.72. The van der Waals surface area contributed by atoms with Crippen LogP contribution in [0.15, 0.2) is 0 Å². The van der Waals surface area contributed by atoms with Gasteiger partial charge in [0.15, 0.2) is 0 Å². The minimum absolute atomic E-state index is 0.814. The van der Waals surface area contributed by atoms with Crippen molar-refractivity contribution in [1.82, 2.24) is 10.2 Å². The third kappa shape index (κ3) is 3.96. The van der Waals surface area contributed by atoms with Crippen LogP contribution >= 0.6 is 0 Å². The summed E-state index contributed by atoms with van der Waals surface area (Å²) in [6, 6.07) is 0.814. The molecule has 0 amide bonds. The van der Waals surface area contributed by atoms with Crippen molar-refractivity contribution in [3.63, 3.8) is 0 Å². The number of hydrogen-bond donors (Lipinski definition) is 1. The molecule has 1 N–H and O–H groups in total. The van der Waals surface area contributed by atoms with Crippen molar-refractivity contribution in [3.05, 3.63) is 0 Å². The molecule has 0 radical (unpaired) electrons. The molecule has 1 saturated carbocycles. The Bertz CT molecular complexity index is 209. The van der Waals surface area contributed by atoms with Crippen LogP contribution in [0.2, 0.25) is 0 Å². The van der Waals surface area contributed by atoms with Crippen molar-refractivity contribution in [2.75, 3.05) is 26.2 Å². The summed E-state index contributed by atoms with van der Waals surface area (Å²) in [5.74, 6) is 1.89. The van der Waals surface area contributed by atoms with Crippen LogP contribution in [-0.4, -0.2) is 37.1 Å². The smallest absolute Gasteiger partial charge is 0.0107 e. The van der Waals surface area contributed by atoms with Gasteiger partial charge in [0.25, 0.3) is 0 Å². The highest BCUT2D eigenvalue weighted by atomic mass is 15.1. The zero-order chi connectivity index (χ0) is 12.1. The van der Waals surface area contributed by atoms with E-state index >= 15 is 0 Å². The van der Waals surface area contributed by atoms with Gasteiger partial charge in [-0.25, -0.2) is 0 Å². The largest absolute Gasteiger partial charge is 0.314 e. The van der Waals surface area contributed by atoms with Gasteiger partial charge in [-0.05, 0) is 63.6 Å². The van der Waals surface area contributed by atoms with E-state index in [2.05, 4.69) is 24.1 Å².